The summed E-state index contributed by atoms with van der Waals surface area (Å²) in [6.45, 7) is 9.68. The van der Waals surface area contributed by atoms with Gasteiger partial charge in [-0.1, -0.05) is 13.2 Å². The summed E-state index contributed by atoms with van der Waals surface area (Å²) in [6.07, 6.45) is 2.78. The fraction of sp³-hybridized carbons (Fsp3) is 0.667. The molecule has 0 fully saturated rings. The molecule has 0 radical (unpaired) electrons. The summed E-state index contributed by atoms with van der Waals surface area (Å²) in [7, 11) is 0. The minimum absolute atomic E-state index is 0.0278. The molecule has 0 aliphatic rings. The van der Waals surface area contributed by atoms with E-state index in [1.54, 1.807) is 0 Å². The molecule has 108 valence electrons. The van der Waals surface area contributed by atoms with Crippen molar-refractivity contribution in [2.24, 2.45) is 0 Å². The van der Waals surface area contributed by atoms with Crippen LogP contribution in [0.4, 0.5) is 0 Å². The van der Waals surface area contributed by atoms with Crippen LogP contribution in [0.3, 0.4) is 0 Å². The van der Waals surface area contributed by atoms with Crippen molar-refractivity contribution >= 4 is 0 Å². The first-order valence-corrected chi connectivity index (χ1v) is 5.65. The highest BCUT2D eigenvalue weighted by atomic mass is 16.5. The summed E-state index contributed by atoms with van der Waals surface area (Å²) in [5, 5.41) is 16.2. The zero-order chi connectivity index (χ0) is 13.9. The normalized spacial score (nSPS) is 9.00. The van der Waals surface area contributed by atoms with Crippen LogP contribution in [0, 0.1) is 0 Å². The molecule has 0 saturated heterocycles. The van der Waals surface area contributed by atoms with E-state index in [9.17, 15) is 0 Å². The third-order valence-corrected chi connectivity index (χ3v) is 1.40. The minimum Gasteiger partial charge on any atom is -0.499 e. The Kier molecular flexibility index (Phi) is 22.7. The van der Waals surface area contributed by atoms with E-state index in [0.717, 1.165) is 0 Å². The van der Waals surface area contributed by atoms with Crippen LogP contribution in [0.1, 0.15) is 0 Å². The lowest BCUT2D eigenvalue weighted by molar-refractivity contribution is 0.0560. The molecule has 18 heavy (non-hydrogen) atoms. The van der Waals surface area contributed by atoms with Gasteiger partial charge in [-0.25, -0.2) is 0 Å². The number of hydrogen-bond donors (Lipinski definition) is 2. The van der Waals surface area contributed by atoms with Crippen molar-refractivity contribution in [2.45, 2.75) is 0 Å². The zero-order valence-electron chi connectivity index (χ0n) is 10.8. The molecule has 6 heteroatoms. The number of ether oxygens (including phenoxy) is 4. The van der Waals surface area contributed by atoms with E-state index in [-0.39, 0.29) is 13.2 Å². The van der Waals surface area contributed by atoms with E-state index < -0.39 is 0 Å². The van der Waals surface area contributed by atoms with Crippen molar-refractivity contribution in [3.05, 3.63) is 25.7 Å². The van der Waals surface area contributed by atoms with Crippen LogP contribution in [0.25, 0.3) is 0 Å². The Bertz CT molecular complexity index is 147. The molecule has 0 saturated carbocycles. The van der Waals surface area contributed by atoms with Crippen LogP contribution in [0.2, 0.25) is 0 Å². The molecule has 0 aromatic heterocycles. The number of aliphatic hydroxyl groups excluding tert-OH is 2. The molecule has 0 unspecified atom stereocenters. The molecule has 6 nitrogen and oxygen atoms in total. The van der Waals surface area contributed by atoms with E-state index >= 15 is 0 Å². The van der Waals surface area contributed by atoms with Crippen LogP contribution in [-0.4, -0.2) is 63.1 Å². The van der Waals surface area contributed by atoms with E-state index in [0.29, 0.717) is 39.6 Å². The lowest BCUT2D eigenvalue weighted by atomic mass is 10.7. The maximum absolute atomic E-state index is 8.09. The predicted octanol–water partition coefficient (Wildman–Crippen LogP) is 0.311. The molecule has 0 spiro atoms. The maximum atomic E-state index is 8.09. The van der Waals surface area contributed by atoms with E-state index in [1.807, 2.05) is 0 Å². The average Bonchev–Trinajstić information content (AvgIpc) is 2.39. The van der Waals surface area contributed by atoms with Gasteiger partial charge >= 0.3 is 0 Å². The predicted molar refractivity (Wildman–Crippen MR) is 68.1 cm³/mol. The smallest absolute Gasteiger partial charge is 0.111 e. The molecule has 0 aromatic rings. The SMILES string of the molecule is C=COCCOCCOC=C.OCCOCCO. The van der Waals surface area contributed by atoms with Gasteiger partial charge in [-0.3, -0.25) is 0 Å². The second-order valence-corrected chi connectivity index (χ2v) is 2.75. The van der Waals surface area contributed by atoms with Crippen molar-refractivity contribution in [1.82, 2.24) is 0 Å². The van der Waals surface area contributed by atoms with Gasteiger partial charge in [-0.05, 0) is 0 Å². The first kappa shape index (κ1) is 19.3. The summed E-state index contributed by atoms with van der Waals surface area (Å²) >= 11 is 0. The second-order valence-electron chi connectivity index (χ2n) is 2.75. The largest absolute Gasteiger partial charge is 0.499 e. The highest BCUT2D eigenvalue weighted by Gasteiger charge is 1.86. The second kappa shape index (κ2) is 21.2. The number of rotatable bonds is 12. The first-order valence-electron chi connectivity index (χ1n) is 5.65. The first-order chi connectivity index (χ1) is 8.83. The molecule has 0 aliphatic heterocycles. The van der Waals surface area contributed by atoms with Gasteiger partial charge in [0.15, 0.2) is 0 Å². The molecular formula is C12H24O6. The average molecular weight is 264 g/mol. The van der Waals surface area contributed by atoms with Crippen LogP contribution >= 0.6 is 0 Å². The molecule has 2 N–H and O–H groups in total. The zero-order valence-corrected chi connectivity index (χ0v) is 10.8. The summed E-state index contributed by atoms with van der Waals surface area (Å²) in [5.41, 5.74) is 0. The molecular weight excluding hydrogens is 240 g/mol. The molecule has 0 atom stereocenters. The van der Waals surface area contributed by atoms with E-state index in [4.69, 9.17) is 24.4 Å². The van der Waals surface area contributed by atoms with Crippen LogP contribution in [-0.2, 0) is 18.9 Å². The van der Waals surface area contributed by atoms with Gasteiger partial charge in [-0.2, -0.15) is 0 Å². The monoisotopic (exact) mass is 264 g/mol. The summed E-state index contributed by atoms with van der Waals surface area (Å²) in [5.74, 6) is 0. The Morgan fingerprint density at radius 3 is 1.39 bits per heavy atom. The Hall–Kier alpha value is -1.08. The molecule has 0 heterocycles. The molecule has 0 aromatic carbocycles. The summed E-state index contributed by atoms with van der Waals surface area (Å²) in [4.78, 5) is 0. The van der Waals surface area contributed by atoms with E-state index in [2.05, 4.69) is 17.9 Å². The van der Waals surface area contributed by atoms with Gasteiger partial charge < -0.3 is 29.2 Å². The highest BCUT2D eigenvalue weighted by Crippen LogP contribution is 1.80. The minimum atomic E-state index is 0.0278. The van der Waals surface area contributed by atoms with Crippen LogP contribution in [0.5, 0.6) is 0 Å². The number of aliphatic hydroxyl groups is 2. The Morgan fingerprint density at radius 1 is 0.667 bits per heavy atom. The number of hydrogen-bond acceptors (Lipinski definition) is 6. The summed E-state index contributed by atoms with van der Waals surface area (Å²) in [6, 6.07) is 0. The van der Waals surface area contributed by atoms with Crippen molar-refractivity contribution in [3.8, 4) is 0 Å². The van der Waals surface area contributed by atoms with Crippen molar-refractivity contribution in [2.75, 3.05) is 52.9 Å². The molecule has 0 amide bonds. The van der Waals surface area contributed by atoms with E-state index in [1.165, 1.54) is 12.5 Å². The third-order valence-electron chi connectivity index (χ3n) is 1.40. The Morgan fingerprint density at radius 2 is 1.06 bits per heavy atom. The van der Waals surface area contributed by atoms with Gasteiger partial charge in [0.05, 0.1) is 52.2 Å². The van der Waals surface area contributed by atoms with Crippen LogP contribution in [0.15, 0.2) is 25.7 Å². The van der Waals surface area contributed by atoms with Crippen LogP contribution < -0.4 is 0 Å². The summed E-state index contributed by atoms with van der Waals surface area (Å²) < 4.78 is 19.4. The Balaban J connectivity index is 0. The maximum Gasteiger partial charge on any atom is 0.111 e. The van der Waals surface area contributed by atoms with Crippen molar-refractivity contribution < 1.29 is 29.2 Å². The van der Waals surface area contributed by atoms with Gasteiger partial charge in [0.25, 0.3) is 0 Å². The van der Waals surface area contributed by atoms with Gasteiger partial charge in [0, 0.05) is 0 Å². The van der Waals surface area contributed by atoms with Gasteiger partial charge in [0.1, 0.15) is 13.2 Å². The molecule has 0 aliphatic carbocycles. The lowest BCUT2D eigenvalue weighted by Crippen LogP contribution is -2.06. The van der Waals surface area contributed by atoms with Crippen molar-refractivity contribution in [3.63, 3.8) is 0 Å². The van der Waals surface area contributed by atoms with Gasteiger partial charge in [-0.15, -0.1) is 0 Å². The molecule has 0 rings (SSSR count). The standard InChI is InChI=1S/C8H14O3.C4H10O3/c1-3-9-5-7-11-8-6-10-4-2;5-1-3-7-4-2-6/h3-4H,1-2,5-8H2;5-6H,1-4H2. The quantitative estimate of drug-likeness (QED) is 0.390. The molecule has 0 bridgehead atoms. The third kappa shape index (κ3) is 24.2. The lowest BCUT2D eigenvalue weighted by Gasteiger charge is -2.02. The van der Waals surface area contributed by atoms with Crippen molar-refractivity contribution in [1.29, 1.82) is 0 Å². The highest BCUT2D eigenvalue weighted by molar-refractivity contribution is 4.49. The fourth-order valence-electron chi connectivity index (χ4n) is 0.714. The fourth-order valence-corrected chi connectivity index (χ4v) is 0.714. The van der Waals surface area contributed by atoms with Gasteiger partial charge in [0.2, 0.25) is 0 Å². The topological polar surface area (TPSA) is 77.4 Å². The Labute approximate surface area is 108 Å².